The summed E-state index contributed by atoms with van der Waals surface area (Å²) in [6.07, 6.45) is 3.68. The van der Waals surface area contributed by atoms with Crippen molar-refractivity contribution in [3.05, 3.63) is 0 Å². The van der Waals surface area contributed by atoms with E-state index in [2.05, 4.69) is 29.5 Å². The van der Waals surface area contributed by atoms with Crippen LogP contribution in [0.1, 0.15) is 53.9 Å². The fraction of sp³-hybridized carbons (Fsp3) is 0.933. The van der Waals surface area contributed by atoms with Crippen molar-refractivity contribution in [2.45, 2.75) is 58.6 Å². The normalized spacial score (nSPS) is 13.8. The first-order valence-corrected chi connectivity index (χ1v) is 8.92. The van der Waals surface area contributed by atoms with Gasteiger partial charge in [0.2, 0.25) is 0 Å². The number of nitrogens with zero attached hydrogens (tertiary/aromatic N) is 1. The minimum Gasteiger partial charge on any atom is -0.356 e. The fourth-order valence-corrected chi connectivity index (χ4v) is 2.57. The van der Waals surface area contributed by atoms with Crippen molar-refractivity contribution in [3.63, 3.8) is 0 Å². The van der Waals surface area contributed by atoms with Crippen LogP contribution in [0.15, 0.2) is 4.99 Å². The average Bonchev–Trinajstić information content (AvgIpc) is 2.34. The van der Waals surface area contributed by atoms with Gasteiger partial charge in [-0.1, -0.05) is 26.7 Å². The summed E-state index contributed by atoms with van der Waals surface area (Å²) in [6, 6.07) is 0. The van der Waals surface area contributed by atoms with Crippen LogP contribution in [0.2, 0.25) is 0 Å². The third-order valence-electron chi connectivity index (χ3n) is 2.99. The molecular weight excluding hydrogens is 397 g/mol. The highest BCUT2D eigenvalue weighted by Gasteiger charge is 2.18. The van der Waals surface area contributed by atoms with Crippen LogP contribution in [-0.4, -0.2) is 40.8 Å². The zero-order valence-electron chi connectivity index (χ0n) is 14.5. The smallest absolute Gasteiger partial charge is 0.191 e. The molecule has 6 heteroatoms. The molecule has 1 atom stereocenters. The molecule has 0 fully saturated rings. The van der Waals surface area contributed by atoms with E-state index in [9.17, 15) is 4.21 Å². The van der Waals surface area contributed by atoms with E-state index in [-0.39, 0.29) is 28.7 Å². The van der Waals surface area contributed by atoms with E-state index in [1.54, 1.807) is 7.05 Å². The number of rotatable bonds is 8. The van der Waals surface area contributed by atoms with Gasteiger partial charge in [0.1, 0.15) is 0 Å². The topological polar surface area (TPSA) is 53.5 Å². The number of halogens is 1. The molecule has 128 valence electrons. The Balaban J connectivity index is 0. The third-order valence-corrected chi connectivity index (χ3v) is 4.93. The number of hydrogen-bond donors (Lipinski definition) is 2. The molecule has 0 aliphatic heterocycles. The molecule has 0 radical (unpaired) electrons. The van der Waals surface area contributed by atoms with Gasteiger partial charge >= 0.3 is 0 Å². The summed E-state index contributed by atoms with van der Waals surface area (Å²) in [5, 5.41) is 6.51. The highest BCUT2D eigenvalue weighted by Crippen LogP contribution is 2.10. The summed E-state index contributed by atoms with van der Waals surface area (Å²) < 4.78 is 11.8. The monoisotopic (exact) mass is 431 g/mol. The summed E-state index contributed by atoms with van der Waals surface area (Å²) in [6.45, 7) is 12.2. The highest BCUT2D eigenvalue weighted by molar-refractivity contribution is 14.0. The van der Waals surface area contributed by atoms with Gasteiger partial charge < -0.3 is 10.6 Å². The third kappa shape index (κ3) is 13.5. The lowest BCUT2D eigenvalue weighted by molar-refractivity contribution is 0.534. The fourth-order valence-electron chi connectivity index (χ4n) is 1.67. The highest BCUT2D eigenvalue weighted by atomic mass is 127. The largest absolute Gasteiger partial charge is 0.356 e. The van der Waals surface area contributed by atoms with Crippen molar-refractivity contribution < 1.29 is 4.21 Å². The molecule has 0 aliphatic carbocycles. The summed E-state index contributed by atoms with van der Waals surface area (Å²) in [7, 11) is 0.953. The Bertz CT molecular complexity index is 315. The molecule has 0 amide bonds. The Kier molecular flexibility index (Phi) is 14.1. The molecule has 0 aliphatic rings. The van der Waals surface area contributed by atoms with Crippen LogP contribution in [0, 0.1) is 5.92 Å². The second-order valence-corrected chi connectivity index (χ2v) is 8.80. The lowest BCUT2D eigenvalue weighted by Crippen LogP contribution is -2.40. The SMILES string of the molecule is CN=C(NCCCCC(C)C)NCCS(=O)C(C)(C)C.I. The summed E-state index contributed by atoms with van der Waals surface area (Å²) in [5.74, 6) is 2.23. The minimum atomic E-state index is -0.815. The first-order valence-electron chi connectivity index (χ1n) is 7.60. The van der Waals surface area contributed by atoms with Gasteiger partial charge in [0, 0.05) is 41.4 Å². The Hall–Kier alpha value is 0.150. The van der Waals surface area contributed by atoms with E-state index >= 15 is 0 Å². The van der Waals surface area contributed by atoms with Gasteiger partial charge in [0.15, 0.2) is 5.96 Å². The Morgan fingerprint density at radius 2 is 1.71 bits per heavy atom. The molecular formula is C15H34IN3OS. The number of hydrogen-bond acceptors (Lipinski definition) is 2. The van der Waals surface area contributed by atoms with Crippen LogP contribution in [0.4, 0.5) is 0 Å². The van der Waals surface area contributed by atoms with Crippen LogP contribution >= 0.6 is 24.0 Å². The van der Waals surface area contributed by atoms with Crippen LogP contribution < -0.4 is 10.6 Å². The number of guanidine groups is 1. The molecule has 0 saturated carbocycles. The molecule has 0 aromatic heterocycles. The Morgan fingerprint density at radius 1 is 1.14 bits per heavy atom. The van der Waals surface area contributed by atoms with Gasteiger partial charge in [-0.15, -0.1) is 24.0 Å². The van der Waals surface area contributed by atoms with Crippen molar-refractivity contribution in [1.29, 1.82) is 0 Å². The number of aliphatic imine (C=N–C) groups is 1. The van der Waals surface area contributed by atoms with E-state index in [1.807, 2.05) is 20.8 Å². The molecule has 0 heterocycles. The molecule has 2 N–H and O–H groups in total. The summed E-state index contributed by atoms with van der Waals surface area (Å²) in [4.78, 5) is 4.18. The quantitative estimate of drug-likeness (QED) is 0.269. The molecule has 0 bridgehead atoms. The predicted molar refractivity (Wildman–Crippen MR) is 106 cm³/mol. The van der Waals surface area contributed by atoms with Crippen molar-refractivity contribution in [2.75, 3.05) is 25.9 Å². The van der Waals surface area contributed by atoms with Crippen LogP contribution in [0.5, 0.6) is 0 Å². The van der Waals surface area contributed by atoms with E-state index in [1.165, 1.54) is 12.8 Å². The van der Waals surface area contributed by atoms with Crippen LogP contribution in [-0.2, 0) is 10.8 Å². The van der Waals surface area contributed by atoms with Gasteiger partial charge in [-0.25, -0.2) is 0 Å². The maximum absolute atomic E-state index is 11.9. The van der Waals surface area contributed by atoms with E-state index < -0.39 is 10.8 Å². The van der Waals surface area contributed by atoms with E-state index in [0.717, 1.165) is 24.8 Å². The minimum absolute atomic E-state index is 0. The zero-order chi connectivity index (χ0) is 15.6. The standard InChI is InChI=1S/C15H33N3OS.HI/c1-13(2)9-7-8-10-17-14(16-6)18-11-12-20(19)15(3,4)5;/h13H,7-12H2,1-6H3,(H2,16,17,18);1H. The van der Waals surface area contributed by atoms with Gasteiger partial charge in [0.25, 0.3) is 0 Å². The lowest BCUT2D eigenvalue weighted by Gasteiger charge is -2.18. The van der Waals surface area contributed by atoms with E-state index in [0.29, 0.717) is 12.3 Å². The van der Waals surface area contributed by atoms with Gasteiger partial charge in [-0.3, -0.25) is 9.20 Å². The first kappa shape index (κ1) is 23.4. The van der Waals surface area contributed by atoms with Crippen LogP contribution in [0.3, 0.4) is 0 Å². The number of nitrogens with one attached hydrogen (secondary N) is 2. The lowest BCUT2D eigenvalue weighted by atomic mass is 10.1. The Labute approximate surface area is 150 Å². The summed E-state index contributed by atoms with van der Waals surface area (Å²) in [5.41, 5.74) is 0. The zero-order valence-corrected chi connectivity index (χ0v) is 17.6. The molecule has 1 unspecified atom stereocenters. The molecule has 0 aromatic carbocycles. The van der Waals surface area contributed by atoms with Gasteiger partial charge in [-0.05, 0) is 33.1 Å². The Morgan fingerprint density at radius 3 is 2.19 bits per heavy atom. The van der Waals surface area contributed by atoms with Crippen molar-refractivity contribution in [1.82, 2.24) is 10.6 Å². The molecule has 0 rings (SSSR count). The average molecular weight is 431 g/mol. The van der Waals surface area contributed by atoms with Gasteiger partial charge in [0.05, 0.1) is 0 Å². The second-order valence-electron chi connectivity index (χ2n) is 6.48. The van der Waals surface area contributed by atoms with E-state index in [4.69, 9.17) is 0 Å². The number of unbranched alkanes of at least 4 members (excludes halogenated alkanes) is 1. The molecule has 0 aromatic rings. The van der Waals surface area contributed by atoms with Crippen molar-refractivity contribution >= 4 is 40.7 Å². The van der Waals surface area contributed by atoms with Gasteiger partial charge in [-0.2, -0.15) is 0 Å². The predicted octanol–water partition coefficient (Wildman–Crippen LogP) is 3.14. The van der Waals surface area contributed by atoms with Crippen LogP contribution in [0.25, 0.3) is 0 Å². The second kappa shape index (κ2) is 12.7. The van der Waals surface area contributed by atoms with Crippen molar-refractivity contribution in [2.24, 2.45) is 10.9 Å². The maximum Gasteiger partial charge on any atom is 0.191 e. The molecule has 0 saturated heterocycles. The molecule has 4 nitrogen and oxygen atoms in total. The summed E-state index contributed by atoms with van der Waals surface area (Å²) >= 11 is 0. The maximum atomic E-state index is 11.9. The molecule has 0 spiro atoms. The van der Waals surface area contributed by atoms with Crippen molar-refractivity contribution in [3.8, 4) is 0 Å². The first-order chi connectivity index (χ1) is 9.27. The molecule has 21 heavy (non-hydrogen) atoms.